The molecule has 1 amide bonds. The number of hydrogen-bond donors (Lipinski definition) is 2. The molecule has 1 saturated heterocycles. The van der Waals surface area contributed by atoms with E-state index in [2.05, 4.69) is 48.8 Å². The first-order valence-corrected chi connectivity index (χ1v) is 8.28. The molecule has 25 heavy (non-hydrogen) atoms. The number of nitrogens with one attached hydrogen (secondary N) is 2. The van der Waals surface area contributed by atoms with Gasteiger partial charge in [-0.3, -0.25) is 14.8 Å². The standard InChI is InChI=1S/C17H20N6O2/c1-11-19-16(25-22-11)17(20-12(2)24)5-6-23(10-17)9-13-3-4-14-8-18-21-15(14)7-13/h3-4,7-8H,5-6,9-10H2,1-2H3,(H,18,21)(H,20,24). The van der Waals surface area contributed by atoms with Crippen molar-refractivity contribution in [3.05, 3.63) is 41.7 Å². The van der Waals surface area contributed by atoms with Crippen molar-refractivity contribution in [3.63, 3.8) is 0 Å². The van der Waals surface area contributed by atoms with Crippen molar-refractivity contribution >= 4 is 16.8 Å². The number of rotatable bonds is 4. The molecule has 1 aromatic carbocycles. The quantitative estimate of drug-likeness (QED) is 0.746. The number of aromatic nitrogens is 4. The Morgan fingerprint density at radius 2 is 2.36 bits per heavy atom. The normalized spacial score (nSPS) is 21.0. The van der Waals surface area contributed by atoms with Gasteiger partial charge in [0.15, 0.2) is 5.82 Å². The summed E-state index contributed by atoms with van der Waals surface area (Å²) in [6.45, 7) is 5.54. The van der Waals surface area contributed by atoms with Crippen LogP contribution in [0.4, 0.5) is 0 Å². The molecule has 8 nitrogen and oxygen atoms in total. The second kappa shape index (κ2) is 5.96. The lowest BCUT2D eigenvalue weighted by Crippen LogP contribution is -2.47. The highest BCUT2D eigenvalue weighted by Gasteiger charge is 2.44. The Morgan fingerprint density at radius 1 is 1.48 bits per heavy atom. The zero-order valence-electron chi connectivity index (χ0n) is 14.2. The number of nitrogens with zero attached hydrogens (tertiary/aromatic N) is 4. The molecule has 4 rings (SSSR count). The van der Waals surface area contributed by atoms with E-state index in [1.807, 2.05) is 6.20 Å². The largest absolute Gasteiger partial charge is 0.341 e. The van der Waals surface area contributed by atoms with Crippen LogP contribution in [0.3, 0.4) is 0 Å². The van der Waals surface area contributed by atoms with Crippen LogP contribution in [0.1, 0.15) is 30.6 Å². The van der Waals surface area contributed by atoms with Gasteiger partial charge in [0.2, 0.25) is 5.91 Å². The van der Waals surface area contributed by atoms with E-state index in [1.165, 1.54) is 12.5 Å². The first-order valence-electron chi connectivity index (χ1n) is 8.28. The molecular weight excluding hydrogens is 320 g/mol. The van der Waals surface area contributed by atoms with E-state index in [0.717, 1.165) is 30.4 Å². The fourth-order valence-corrected chi connectivity index (χ4v) is 3.52. The Morgan fingerprint density at radius 3 is 3.12 bits per heavy atom. The maximum Gasteiger partial charge on any atom is 0.253 e. The van der Waals surface area contributed by atoms with Gasteiger partial charge in [0, 0.05) is 31.9 Å². The lowest BCUT2D eigenvalue weighted by atomic mass is 9.98. The summed E-state index contributed by atoms with van der Waals surface area (Å²) in [5, 5.41) is 15.1. The van der Waals surface area contributed by atoms with Gasteiger partial charge in [-0.1, -0.05) is 17.3 Å². The predicted octanol–water partition coefficient (Wildman–Crippen LogP) is 1.49. The smallest absolute Gasteiger partial charge is 0.253 e. The second-order valence-electron chi connectivity index (χ2n) is 6.66. The van der Waals surface area contributed by atoms with Crippen LogP contribution < -0.4 is 5.32 Å². The molecule has 1 atom stereocenters. The summed E-state index contributed by atoms with van der Waals surface area (Å²) in [5.41, 5.74) is 1.60. The number of likely N-dealkylation sites (tertiary alicyclic amines) is 1. The van der Waals surface area contributed by atoms with E-state index in [-0.39, 0.29) is 5.91 Å². The fraction of sp³-hybridized carbons (Fsp3) is 0.412. The zero-order valence-corrected chi connectivity index (χ0v) is 14.2. The van der Waals surface area contributed by atoms with Gasteiger partial charge < -0.3 is 9.84 Å². The van der Waals surface area contributed by atoms with Crippen LogP contribution in [0.15, 0.2) is 28.9 Å². The highest BCUT2D eigenvalue weighted by atomic mass is 16.5. The van der Waals surface area contributed by atoms with Crippen LogP contribution in [-0.2, 0) is 16.9 Å². The lowest BCUT2D eigenvalue weighted by Gasteiger charge is -2.26. The molecule has 1 fully saturated rings. The number of H-pyrrole nitrogens is 1. The van der Waals surface area contributed by atoms with Crippen LogP contribution in [-0.4, -0.2) is 44.2 Å². The minimum Gasteiger partial charge on any atom is -0.341 e. The summed E-state index contributed by atoms with van der Waals surface area (Å²) in [5.74, 6) is 0.950. The van der Waals surface area contributed by atoms with Crippen molar-refractivity contribution in [1.29, 1.82) is 0 Å². The molecule has 0 spiro atoms. The number of hydrogen-bond acceptors (Lipinski definition) is 6. The molecule has 1 aliphatic rings. The summed E-state index contributed by atoms with van der Waals surface area (Å²) in [7, 11) is 0. The fourth-order valence-electron chi connectivity index (χ4n) is 3.52. The maximum atomic E-state index is 11.7. The van der Waals surface area contributed by atoms with Crippen molar-refractivity contribution < 1.29 is 9.32 Å². The average molecular weight is 340 g/mol. The second-order valence-corrected chi connectivity index (χ2v) is 6.66. The molecular formula is C17H20N6O2. The van der Waals surface area contributed by atoms with E-state index in [9.17, 15) is 4.79 Å². The summed E-state index contributed by atoms with van der Waals surface area (Å²) in [6, 6.07) is 6.28. The molecule has 8 heteroatoms. The molecule has 2 N–H and O–H groups in total. The van der Waals surface area contributed by atoms with Crippen molar-refractivity contribution in [1.82, 2.24) is 30.6 Å². The van der Waals surface area contributed by atoms with Gasteiger partial charge in [-0.2, -0.15) is 10.1 Å². The van der Waals surface area contributed by atoms with Gasteiger partial charge in [0.05, 0.1) is 11.7 Å². The summed E-state index contributed by atoms with van der Waals surface area (Å²) in [4.78, 5) is 18.4. The molecule has 0 radical (unpaired) electrons. The Kier molecular flexibility index (Phi) is 3.76. The third kappa shape index (κ3) is 3.00. The van der Waals surface area contributed by atoms with Crippen molar-refractivity contribution in [2.24, 2.45) is 0 Å². The SMILES string of the molecule is CC(=O)NC1(c2nc(C)no2)CCN(Cc2ccc3cn[nH]c3c2)C1. The molecule has 0 aliphatic carbocycles. The van der Waals surface area contributed by atoms with Gasteiger partial charge in [0.1, 0.15) is 5.54 Å². The monoisotopic (exact) mass is 340 g/mol. The van der Waals surface area contributed by atoms with E-state index >= 15 is 0 Å². The summed E-state index contributed by atoms with van der Waals surface area (Å²) < 4.78 is 5.38. The van der Waals surface area contributed by atoms with Crippen LogP contribution in [0.2, 0.25) is 0 Å². The van der Waals surface area contributed by atoms with E-state index in [0.29, 0.717) is 18.3 Å². The maximum absolute atomic E-state index is 11.7. The number of carbonyl (C=O) groups is 1. The van der Waals surface area contributed by atoms with Crippen molar-refractivity contribution in [2.75, 3.05) is 13.1 Å². The Hall–Kier alpha value is -2.74. The topological polar surface area (TPSA) is 99.9 Å². The number of fused-ring (bicyclic) bond motifs is 1. The van der Waals surface area contributed by atoms with E-state index in [1.54, 1.807) is 6.92 Å². The highest BCUT2D eigenvalue weighted by molar-refractivity contribution is 5.78. The van der Waals surface area contributed by atoms with Gasteiger partial charge >= 0.3 is 0 Å². The molecule has 2 aromatic heterocycles. The first-order chi connectivity index (χ1) is 12.0. The summed E-state index contributed by atoms with van der Waals surface area (Å²) in [6.07, 6.45) is 2.55. The van der Waals surface area contributed by atoms with Crippen molar-refractivity contribution in [3.8, 4) is 0 Å². The molecule has 3 heterocycles. The minimum absolute atomic E-state index is 0.100. The zero-order chi connectivity index (χ0) is 17.4. The Balaban J connectivity index is 1.55. The number of aryl methyl sites for hydroxylation is 1. The van der Waals surface area contributed by atoms with Gasteiger partial charge in [-0.25, -0.2) is 0 Å². The van der Waals surface area contributed by atoms with Crippen LogP contribution in [0.5, 0.6) is 0 Å². The molecule has 1 unspecified atom stereocenters. The van der Waals surface area contributed by atoms with E-state index < -0.39 is 5.54 Å². The first kappa shape index (κ1) is 15.8. The molecule has 0 saturated carbocycles. The van der Waals surface area contributed by atoms with Crippen LogP contribution in [0, 0.1) is 6.92 Å². The van der Waals surface area contributed by atoms with Gasteiger partial charge in [0.25, 0.3) is 5.89 Å². The van der Waals surface area contributed by atoms with Gasteiger partial charge in [-0.15, -0.1) is 0 Å². The van der Waals surface area contributed by atoms with Crippen LogP contribution in [0.25, 0.3) is 10.9 Å². The number of amides is 1. The third-order valence-corrected chi connectivity index (χ3v) is 4.61. The molecule has 3 aromatic rings. The van der Waals surface area contributed by atoms with Gasteiger partial charge in [-0.05, 0) is 25.0 Å². The highest BCUT2D eigenvalue weighted by Crippen LogP contribution is 2.32. The number of benzene rings is 1. The molecule has 0 bridgehead atoms. The Bertz CT molecular complexity index is 917. The molecule has 130 valence electrons. The Labute approximate surface area is 144 Å². The van der Waals surface area contributed by atoms with Crippen molar-refractivity contribution in [2.45, 2.75) is 32.4 Å². The molecule has 1 aliphatic heterocycles. The predicted molar refractivity (Wildman–Crippen MR) is 90.5 cm³/mol. The number of carbonyl (C=O) groups excluding carboxylic acids is 1. The van der Waals surface area contributed by atoms with Crippen LogP contribution >= 0.6 is 0 Å². The third-order valence-electron chi connectivity index (χ3n) is 4.61. The summed E-state index contributed by atoms with van der Waals surface area (Å²) >= 11 is 0. The average Bonchev–Trinajstić information content (AvgIpc) is 3.27. The minimum atomic E-state index is -0.620. The number of aromatic amines is 1. The van der Waals surface area contributed by atoms with E-state index in [4.69, 9.17) is 4.52 Å². The lowest BCUT2D eigenvalue weighted by molar-refractivity contribution is -0.121.